The largest absolute Gasteiger partial charge is 0.302 e. The molecule has 3 aromatic rings. The molecule has 0 fully saturated rings. The first kappa shape index (κ1) is 16.0. The molecule has 3 rings (SSSR count). The highest BCUT2D eigenvalue weighted by Crippen LogP contribution is 2.25. The summed E-state index contributed by atoms with van der Waals surface area (Å²) in [6, 6.07) is 15.8. The van der Waals surface area contributed by atoms with Gasteiger partial charge in [-0.3, -0.25) is 0 Å². The lowest BCUT2D eigenvalue weighted by molar-refractivity contribution is 0.690. The smallest absolute Gasteiger partial charge is 0.197 e. The van der Waals surface area contributed by atoms with Gasteiger partial charge in [0.1, 0.15) is 16.9 Å². The number of aromatic nitrogens is 4. The van der Waals surface area contributed by atoms with Crippen LogP contribution in [0, 0.1) is 11.3 Å². The van der Waals surface area contributed by atoms with Crippen LogP contribution in [-0.4, -0.2) is 19.7 Å². The van der Waals surface area contributed by atoms with Crippen molar-refractivity contribution in [2.45, 2.75) is 23.1 Å². The van der Waals surface area contributed by atoms with E-state index in [0.717, 1.165) is 16.0 Å². The van der Waals surface area contributed by atoms with E-state index >= 15 is 0 Å². The molecule has 0 bridgehead atoms. The van der Waals surface area contributed by atoms with Crippen molar-refractivity contribution >= 4 is 11.8 Å². The van der Waals surface area contributed by atoms with Crippen molar-refractivity contribution in [1.29, 1.82) is 5.26 Å². The Morgan fingerprint density at radius 2 is 2.00 bits per heavy atom. The predicted octanol–water partition coefficient (Wildman–Crippen LogP) is 3.47. The zero-order valence-corrected chi connectivity index (χ0v) is 13.8. The molecule has 2 heterocycles. The molecular formula is C18H15N5S. The lowest BCUT2D eigenvalue weighted by Crippen LogP contribution is -2.04. The number of pyridine rings is 1. The fourth-order valence-electron chi connectivity index (χ4n) is 2.22. The van der Waals surface area contributed by atoms with Gasteiger partial charge in [-0.15, -0.1) is 16.8 Å². The topological polar surface area (TPSA) is 67.4 Å². The Kier molecular flexibility index (Phi) is 5.04. The Morgan fingerprint density at radius 3 is 2.67 bits per heavy atom. The number of hydrogen-bond donors (Lipinski definition) is 0. The minimum absolute atomic E-state index is 0.539. The fourth-order valence-corrected chi connectivity index (χ4v) is 3.02. The third kappa shape index (κ3) is 3.70. The fraction of sp³-hybridized carbons (Fsp3) is 0.111. The highest BCUT2D eigenvalue weighted by molar-refractivity contribution is 7.99. The van der Waals surface area contributed by atoms with Crippen molar-refractivity contribution < 1.29 is 0 Å². The SMILES string of the molecule is C=CCn1c(Cc2ccccc2)nnc1Sc1ccc(C#N)cn1. The van der Waals surface area contributed by atoms with Crippen molar-refractivity contribution in [1.82, 2.24) is 19.7 Å². The van der Waals surface area contributed by atoms with Crippen molar-refractivity contribution in [3.63, 3.8) is 0 Å². The van der Waals surface area contributed by atoms with Gasteiger partial charge in [-0.1, -0.05) is 36.4 Å². The van der Waals surface area contributed by atoms with E-state index in [1.807, 2.05) is 34.9 Å². The van der Waals surface area contributed by atoms with Gasteiger partial charge in [0.05, 0.1) is 5.56 Å². The minimum Gasteiger partial charge on any atom is -0.302 e. The highest BCUT2D eigenvalue weighted by atomic mass is 32.2. The van der Waals surface area contributed by atoms with E-state index in [-0.39, 0.29) is 0 Å². The van der Waals surface area contributed by atoms with Crippen LogP contribution < -0.4 is 0 Å². The molecule has 1 aromatic carbocycles. The molecule has 0 N–H and O–H groups in total. The van der Waals surface area contributed by atoms with Crippen LogP contribution in [-0.2, 0) is 13.0 Å². The van der Waals surface area contributed by atoms with Crippen molar-refractivity contribution in [2.75, 3.05) is 0 Å². The minimum atomic E-state index is 0.539. The lowest BCUT2D eigenvalue weighted by atomic mass is 10.1. The summed E-state index contributed by atoms with van der Waals surface area (Å²) >= 11 is 1.43. The number of nitriles is 1. The van der Waals surface area contributed by atoms with Crippen molar-refractivity contribution in [3.05, 3.63) is 78.3 Å². The summed E-state index contributed by atoms with van der Waals surface area (Å²) in [4.78, 5) is 4.27. The van der Waals surface area contributed by atoms with Gasteiger partial charge in [-0.2, -0.15) is 5.26 Å². The normalized spacial score (nSPS) is 10.3. The Morgan fingerprint density at radius 1 is 1.17 bits per heavy atom. The standard InChI is InChI=1S/C18H15N5S/c1-2-10-23-16(11-14-6-4-3-5-7-14)21-22-18(23)24-17-9-8-15(12-19)13-20-17/h2-9,13H,1,10-11H2. The highest BCUT2D eigenvalue weighted by Gasteiger charge is 2.13. The van der Waals surface area contributed by atoms with E-state index in [4.69, 9.17) is 5.26 Å². The molecule has 5 nitrogen and oxygen atoms in total. The van der Waals surface area contributed by atoms with Crippen LogP contribution in [0.2, 0.25) is 0 Å². The molecule has 118 valence electrons. The quantitative estimate of drug-likeness (QED) is 0.646. The van der Waals surface area contributed by atoms with Gasteiger partial charge in [0.25, 0.3) is 0 Å². The Labute approximate surface area is 144 Å². The first-order chi connectivity index (χ1) is 11.8. The summed E-state index contributed by atoms with van der Waals surface area (Å²) in [6.07, 6.45) is 4.10. The van der Waals surface area contributed by atoms with Crippen LogP contribution in [0.5, 0.6) is 0 Å². The molecule has 0 aliphatic rings. The van der Waals surface area contributed by atoms with Gasteiger partial charge >= 0.3 is 0 Å². The predicted molar refractivity (Wildman–Crippen MR) is 92.5 cm³/mol. The van der Waals surface area contributed by atoms with Gasteiger partial charge in [0, 0.05) is 19.2 Å². The first-order valence-electron chi connectivity index (χ1n) is 7.41. The summed E-state index contributed by atoms with van der Waals surface area (Å²) < 4.78 is 2.03. The summed E-state index contributed by atoms with van der Waals surface area (Å²) in [5.74, 6) is 0.886. The van der Waals surface area contributed by atoms with E-state index in [9.17, 15) is 0 Å². The summed E-state index contributed by atoms with van der Waals surface area (Å²) in [6.45, 7) is 4.45. The number of hydrogen-bond acceptors (Lipinski definition) is 5. The molecule has 0 aliphatic heterocycles. The maximum Gasteiger partial charge on any atom is 0.197 e. The van der Waals surface area contributed by atoms with E-state index in [2.05, 4.69) is 40.0 Å². The third-order valence-electron chi connectivity index (χ3n) is 3.37. The average Bonchev–Trinajstić information content (AvgIpc) is 2.99. The molecule has 0 amide bonds. The van der Waals surface area contributed by atoms with Crippen molar-refractivity contribution in [2.24, 2.45) is 0 Å². The molecule has 0 unspecified atom stereocenters. The summed E-state index contributed by atoms with van der Waals surface area (Å²) in [5.41, 5.74) is 1.72. The maximum atomic E-state index is 8.84. The van der Waals surface area contributed by atoms with E-state index < -0.39 is 0 Å². The molecule has 0 saturated carbocycles. The zero-order valence-electron chi connectivity index (χ0n) is 13.0. The van der Waals surface area contributed by atoms with Gasteiger partial charge in [-0.05, 0) is 29.5 Å². The van der Waals surface area contributed by atoms with E-state index in [0.29, 0.717) is 18.5 Å². The number of rotatable bonds is 6. The molecule has 24 heavy (non-hydrogen) atoms. The molecular weight excluding hydrogens is 318 g/mol. The van der Waals surface area contributed by atoms with Crippen LogP contribution in [0.15, 0.2) is 71.5 Å². The number of nitrogens with zero attached hydrogens (tertiary/aromatic N) is 5. The zero-order chi connectivity index (χ0) is 16.8. The van der Waals surface area contributed by atoms with Crippen LogP contribution >= 0.6 is 11.8 Å². The molecule has 2 aromatic heterocycles. The van der Waals surface area contributed by atoms with Crippen molar-refractivity contribution in [3.8, 4) is 6.07 Å². The third-order valence-corrected chi connectivity index (χ3v) is 4.31. The van der Waals surface area contributed by atoms with Gasteiger partial charge in [-0.25, -0.2) is 4.98 Å². The molecule has 0 spiro atoms. The van der Waals surface area contributed by atoms with Gasteiger partial charge in [0.2, 0.25) is 0 Å². The first-order valence-corrected chi connectivity index (χ1v) is 8.22. The van der Waals surface area contributed by atoms with E-state index in [1.54, 1.807) is 12.3 Å². The van der Waals surface area contributed by atoms with Gasteiger partial charge < -0.3 is 4.57 Å². The molecule has 0 aliphatic carbocycles. The Bertz CT molecular complexity index is 863. The molecule has 0 atom stereocenters. The second-order valence-electron chi connectivity index (χ2n) is 5.06. The van der Waals surface area contributed by atoms with E-state index in [1.165, 1.54) is 17.3 Å². The second-order valence-corrected chi connectivity index (χ2v) is 6.05. The maximum absolute atomic E-state index is 8.84. The molecule has 0 saturated heterocycles. The van der Waals surface area contributed by atoms with Crippen LogP contribution in [0.4, 0.5) is 0 Å². The van der Waals surface area contributed by atoms with Crippen LogP contribution in [0.3, 0.4) is 0 Å². The van der Waals surface area contributed by atoms with Gasteiger partial charge in [0.15, 0.2) is 5.16 Å². The monoisotopic (exact) mass is 333 g/mol. The molecule has 6 heteroatoms. The number of benzene rings is 1. The second kappa shape index (κ2) is 7.57. The Hall–Kier alpha value is -2.91. The summed E-state index contributed by atoms with van der Waals surface area (Å²) in [7, 11) is 0. The Balaban J connectivity index is 1.85. The summed E-state index contributed by atoms with van der Waals surface area (Å²) in [5, 5.41) is 19.0. The molecule has 0 radical (unpaired) electrons. The van der Waals surface area contributed by atoms with Crippen LogP contribution in [0.1, 0.15) is 17.0 Å². The lowest BCUT2D eigenvalue weighted by Gasteiger charge is -2.07. The number of allylic oxidation sites excluding steroid dienone is 1. The average molecular weight is 333 g/mol. The van der Waals surface area contributed by atoms with Crippen LogP contribution in [0.25, 0.3) is 0 Å².